The highest BCUT2D eigenvalue weighted by Gasteiger charge is 2.08. The molecule has 1 aromatic carbocycles. The van der Waals surface area contributed by atoms with E-state index in [2.05, 4.69) is 22.3 Å². The number of nitrogens with zero attached hydrogens (tertiary/aromatic N) is 1. The molecule has 108 valence electrons. The molecule has 0 radical (unpaired) electrons. The van der Waals surface area contributed by atoms with Gasteiger partial charge in [0.1, 0.15) is 0 Å². The minimum Gasteiger partial charge on any atom is -0.359 e. The first-order chi connectivity index (χ1) is 10.1. The summed E-state index contributed by atoms with van der Waals surface area (Å²) in [5.41, 5.74) is 8.55. The van der Waals surface area contributed by atoms with Gasteiger partial charge in [-0.2, -0.15) is 0 Å². The number of hydrogen-bond acceptors (Lipinski definition) is 4. The Morgan fingerprint density at radius 2 is 2.19 bits per heavy atom. The number of aryl methyl sites for hydroxylation is 2. The number of amides is 1. The zero-order chi connectivity index (χ0) is 15.2. The molecule has 1 amide bonds. The van der Waals surface area contributed by atoms with Crippen LogP contribution in [0.4, 0.5) is 0 Å². The van der Waals surface area contributed by atoms with E-state index in [4.69, 9.17) is 10.3 Å². The molecule has 0 saturated heterocycles. The molecule has 2 rings (SSSR count). The average molecular weight is 283 g/mol. The van der Waals surface area contributed by atoms with Crippen LogP contribution in [0.1, 0.15) is 32.9 Å². The lowest BCUT2D eigenvalue weighted by Gasteiger charge is -2.05. The maximum Gasteiger partial charge on any atom is 0.251 e. The van der Waals surface area contributed by atoms with Gasteiger partial charge in [0.2, 0.25) is 0 Å². The number of hydrogen-bond donors (Lipinski definition) is 2. The van der Waals surface area contributed by atoms with Crippen LogP contribution in [0.2, 0.25) is 0 Å². The standard InChI is InChI=1S/C16H17N3O2/c1-11-8-14(6-5-13(11)4-3-7-17)16(20)18-10-15-9-12(2)19-21-15/h5-6,8-9H,7,10,17H2,1-2H3,(H,18,20). The number of rotatable bonds is 3. The molecule has 1 heterocycles. The fraction of sp³-hybridized carbons (Fsp3) is 0.250. The largest absolute Gasteiger partial charge is 0.359 e. The highest BCUT2D eigenvalue weighted by molar-refractivity contribution is 5.94. The molecule has 0 aliphatic carbocycles. The second-order valence-electron chi connectivity index (χ2n) is 4.65. The zero-order valence-corrected chi connectivity index (χ0v) is 12.1. The van der Waals surface area contributed by atoms with Gasteiger partial charge in [0.25, 0.3) is 5.91 Å². The number of benzene rings is 1. The van der Waals surface area contributed by atoms with Gasteiger partial charge in [-0.25, -0.2) is 0 Å². The Morgan fingerprint density at radius 3 is 2.81 bits per heavy atom. The van der Waals surface area contributed by atoms with Crippen molar-refractivity contribution < 1.29 is 9.32 Å². The molecule has 0 aliphatic heterocycles. The number of carbonyl (C=O) groups is 1. The van der Waals surface area contributed by atoms with Crippen LogP contribution >= 0.6 is 0 Å². The van der Waals surface area contributed by atoms with Crippen LogP contribution in [0.5, 0.6) is 0 Å². The van der Waals surface area contributed by atoms with E-state index in [1.165, 1.54) is 0 Å². The minimum absolute atomic E-state index is 0.162. The summed E-state index contributed by atoms with van der Waals surface area (Å²) in [6.07, 6.45) is 0. The van der Waals surface area contributed by atoms with Crippen molar-refractivity contribution in [3.63, 3.8) is 0 Å². The molecule has 0 saturated carbocycles. The van der Waals surface area contributed by atoms with Crippen molar-refractivity contribution in [3.05, 3.63) is 52.4 Å². The van der Waals surface area contributed by atoms with Crippen molar-refractivity contribution in [2.24, 2.45) is 5.73 Å². The molecule has 0 spiro atoms. The molecule has 2 aromatic rings. The molecule has 5 nitrogen and oxygen atoms in total. The Kier molecular flexibility index (Phi) is 4.75. The van der Waals surface area contributed by atoms with Gasteiger partial charge in [-0.15, -0.1) is 0 Å². The normalized spacial score (nSPS) is 9.86. The number of nitrogens with one attached hydrogen (secondary N) is 1. The third-order valence-electron chi connectivity index (χ3n) is 2.91. The predicted octanol–water partition coefficient (Wildman–Crippen LogP) is 1.53. The Morgan fingerprint density at radius 1 is 1.38 bits per heavy atom. The lowest BCUT2D eigenvalue weighted by atomic mass is 10.0. The summed E-state index contributed by atoms with van der Waals surface area (Å²) in [4.78, 5) is 12.1. The zero-order valence-electron chi connectivity index (χ0n) is 12.1. The van der Waals surface area contributed by atoms with Crippen LogP contribution in [0.25, 0.3) is 0 Å². The van der Waals surface area contributed by atoms with E-state index in [-0.39, 0.29) is 5.91 Å². The third-order valence-corrected chi connectivity index (χ3v) is 2.91. The van der Waals surface area contributed by atoms with Crippen molar-refractivity contribution in [2.75, 3.05) is 6.54 Å². The van der Waals surface area contributed by atoms with E-state index < -0.39 is 0 Å². The third kappa shape index (κ3) is 3.94. The Labute approximate surface area is 123 Å². The molecule has 21 heavy (non-hydrogen) atoms. The second-order valence-corrected chi connectivity index (χ2v) is 4.65. The summed E-state index contributed by atoms with van der Waals surface area (Å²) in [6.45, 7) is 4.38. The average Bonchev–Trinajstić information content (AvgIpc) is 2.89. The molecule has 0 atom stereocenters. The molecule has 0 bridgehead atoms. The second kappa shape index (κ2) is 6.73. The van der Waals surface area contributed by atoms with E-state index in [1.54, 1.807) is 12.1 Å². The SMILES string of the molecule is Cc1cc(CNC(=O)c2ccc(C#CCN)c(C)c2)on1. The monoisotopic (exact) mass is 283 g/mol. The van der Waals surface area contributed by atoms with E-state index in [1.807, 2.05) is 26.0 Å². The summed E-state index contributed by atoms with van der Waals surface area (Å²) in [7, 11) is 0. The predicted molar refractivity (Wildman–Crippen MR) is 79.5 cm³/mol. The van der Waals surface area contributed by atoms with Crippen LogP contribution in [0.3, 0.4) is 0 Å². The molecule has 1 aromatic heterocycles. The van der Waals surface area contributed by atoms with Crippen molar-refractivity contribution in [1.29, 1.82) is 0 Å². The lowest BCUT2D eigenvalue weighted by Crippen LogP contribution is -2.22. The van der Waals surface area contributed by atoms with Crippen molar-refractivity contribution in [1.82, 2.24) is 10.5 Å². The van der Waals surface area contributed by atoms with E-state index >= 15 is 0 Å². The van der Waals surface area contributed by atoms with Crippen LogP contribution in [-0.2, 0) is 6.54 Å². The topological polar surface area (TPSA) is 81.2 Å². The quantitative estimate of drug-likeness (QED) is 0.837. The van der Waals surface area contributed by atoms with Gasteiger partial charge < -0.3 is 15.6 Å². The Bertz CT molecular complexity index is 708. The number of carbonyl (C=O) groups excluding carboxylic acids is 1. The van der Waals surface area contributed by atoms with Crippen molar-refractivity contribution in [2.45, 2.75) is 20.4 Å². The fourth-order valence-corrected chi connectivity index (χ4v) is 1.86. The summed E-state index contributed by atoms with van der Waals surface area (Å²) in [6, 6.07) is 7.17. The number of aromatic nitrogens is 1. The first kappa shape index (κ1) is 14.8. The maximum atomic E-state index is 12.1. The number of nitrogens with two attached hydrogens (primary N) is 1. The fourth-order valence-electron chi connectivity index (χ4n) is 1.86. The van der Waals surface area contributed by atoms with Gasteiger partial charge in [-0.1, -0.05) is 17.0 Å². The van der Waals surface area contributed by atoms with Gasteiger partial charge in [-0.3, -0.25) is 4.79 Å². The minimum atomic E-state index is -0.162. The molecule has 0 aliphatic rings. The highest BCUT2D eigenvalue weighted by Crippen LogP contribution is 2.10. The van der Waals surface area contributed by atoms with Gasteiger partial charge >= 0.3 is 0 Å². The van der Waals surface area contributed by atoms with Crippen LogP contribution in [0, 0.1) is 25.7 Å². The van der Waals surface area contributed by atoms with E-state index in [0.29, 0.717) is 24.4 Å². The molecule has 5 heteroatoms. The molecule has 0 unspecified atom stereocenters. The van der Waals surface area contributed by atoms with E-state index in [0.717, 1.165) is 16.8 Å². The highest BCUT2D eigenvalue weighted by atomic mass is 16.5. The van der Waals surface area contributed by atoms with Crippen LogP contribution in [-0.4, -0.2) is 17.6 Å². The molecule has 3 N–H and O–H groups in total. The van der Waals surface area contributed by atoms with Gasteiger partial charge in [0, 0.05) is 17.2 Å². The molecular weight excluding hydrogens is 266 g/mol. The van der Waals surface area contributed by atoms with Crippen molar-refractivity contribution in [3.8, 4) is 11.8 Å². The van der Waals surface area contributed by atoms with Gasteiger partial charge in [-0.05, 0) is 37.6 Å². The summed E-state index contributed by atoms with van der Waals surface area (Å²) >= 11 is 0. The molecular formula is C16H17N3O2. The lowest BCUT2D eigenvalue weighted by molar-refractivity contribution is 0.0947. The van der Waals surface area contributed by atoms with Crippen LogP contribution in [0.15, 0.2) is 28.8 Å². The van der Waals surface area contributed by atoms with Gasteiger partial charge in [0.15, 0.2) is 5.76 Å². The first-order valence-electron chi connectivity index (χ1n) is 6.60. The van der Waals surface area contributed by atoms with E-state index in [9.17, 15) is 4.79 Å². The summed E-state index contributed by atoms with van der Waals surface area (Å²) in [5, 5.41) is 6.56. The Balaban J connectivity index is 2.04. The Hall–Kier alpha value is -2.58. The first-order valence-corrected chi connectivity index (χ1v) is 6.60. The maximum absolute atomic E-state index is 12.1. The van der Waals surface area contributed by atoms with Crippen LogP contribution < -0.4 is 11.1 Å². The summed E-state index contributed by atoms with van der Waals surface area (Å²) in [5.74, 6) is 6.24. The smallest absolute Gasteiger partial charge is 0.251 e. The van der Waals surface area contributed by atoms with Crippen molar-refractivity contribution >= 4 is 5.91 Å². The van der Waals surface area contributed by atoms with Gasteiger partial charge in [0.05, 0.1) is 18.8 Å². The summed E-state index contributed by atoms with van der Waals surface area (Å²) < 4.78 is 5.04. The molecule has 0 fully saturated rings.